The molecular formula is C7H13ClN2. The fourth-order valence-electron chi connectivity index (χ4n) is 1.22. The van der Waals surface area contributed by atoms with Gasteiger partial charge in [0.2, 0.25) is 0 Å². The van der Waals surface area contributed by atoms with E-state index in [1.54, 1.807) is 5.54 Å². The van der Waals surface area contributed by atoms with E-state index in [1.807, 2.05) is 6.08 Å². The second-order valence-corrected chi connectivity index (χ2v) is 2.92. The molecule has 0 radical (unpaired) electrons. The molecule has 1 atom stereocenters. The summed E-state index contributed by atoms with van der Waals surface area (Å²) in [5, 5.41) is 0. The molecule has 1 heterocycles. The average molecular weight is 161 g/mol. The maximum absolute atomic E-state index is 5.70. The van der Waals surface area contributed by atoms with Gasteiger partial charge in [-0.25, -0.2) is 0 Å². The van der Waals surface area contributed by atoms with Crippen LogP contribution in [0.25, 0.3) is 0 Å². The van der Waals surface area contributed by atoms with Crippen LogP contribution in [0.2, 0.25) is 0 Å². The number of halogens is 1. The van der Waals surface area contributed by atoms with Crippen LogP contribution < -0.4 is 5.73 Å². The molecule has 10 heavy (non-hydrogen) atoms. The molecule has 3 heteroatoms. The van der Waals surface area contributed by atoms with E-state index in [4.69, 9.17) is 17.3 Å². The van der Waals surface area contributed by atoms with Gasteiger partial charge in [0, 0.05) is 31.2 Å². The Labute approximate surface area is 66.6 Å². The van der Waals surface area contributed by atoms with Crippen molar-refractivity contribution >= 4 is 11.6 Å². The first-order valence-corrected chi connectivity index (χ1v) is 3.99. The van der Waals surface area contributed by atoms with E-state index in [0.717, 1.165) is 26.1 Å². The highest BCUT2D eigenvalue weighted by molar-refractivity contribution is 6.25. The molecule has 0 saturated carbocycles. The summed E-state index contributed by atoms with van der Waals surface area (Å²) in [7, 11) is 0. The summed E-state index contributed by atoms with van der Waals surface area (Å²) >= 11 is 5.38. The van der Waals surface area contributed by atoms with E-state index in [9.17, 15) is 0 Å². The Morgan fingerprint density at radius 3 is 3.00 bits per heavy atom. The predicted octanol–water partition coefficient (Wildman–Crippen LogP) is 0.772. The minimum absolute atomic E-state index is 0.378. The van der Waals surface area contributed by atoms with Gasteiger partial charge in [-0.3, -0.25) is 4.90 Å². The van der Waals surface area contributed by atoms with Crippen molar-refractivity contribution in [1.29, 1.82) is 0 Å². The maximum atomic E-state index is 5.70. The molecule has 2 nitrogen and oxygen atoms in total. The topological polar surface area (TPSA) is 29.3 Å². The molecule has 1 aliphatic rings. The Morgan fingerprint density at radius 2 is 2.50 bits per heavy atom. The van der Waals surface area contributed by atoms with Crippen molar-refractivity contribution in [2.75, 3.05) is 19.6 Å². The third-order valence-corrected chi connectivity index (χ3v) is 1.94. The Kier molecular flexibility index (Phi) is 3.19. The molecule has 0 bridgehead atoms. The molecule has 0 aliphatic carbocycles. The summed E-state index contributed by atoms with van der Waals surface area (Å²) in [6.45, 7) is 3.07. The lowest BCUT2D eigenvalue weighted by molar-refractivity contribution is 0.372. The first-order valence-electron chi connectivity index (χ1n) is 3.56. The summed E-state index contributed by atoms with van der Waals surface area (Å²) in [5.74, 6) is 0. The largest absolute Gasteiger partial charge is 0.326 e. The smallest absolute Gasteiger partial charge is 0.0180 e. The lowest BCUT2D eigenvalue weighted by atomic mass is 10.3. The van der Waals surface area contributed by atoms with Gasteiger partial charge in [0.05, 0.1) is 0 Å². The van der Waals surface area contributed by atoms with Gasteiger partial charge in [-0.05, 0) is 6.42 Å². The second-order valence-electron chi connectivity index (χ2n) is 2.67. The van der Waals surface area contributed by atoms with Gasteiger partial charge >= 0.3 is 0 Å². The number of likely N-dealkylation sites (tertiary alicyclic amines) is 1. The van der Waals surface area contributed by atoms with Crippen molar-refractivity contribution in [3.8, 4) is 0 Å². The van der Waals surface area contributed by atoms with Crippen LogP contribution in [-0.2, 0) is 0 Å². The first-order chi connectivity index (χ1) is 4.83. The zero-order valence-corrected chi connectivity index (χ0v) is 6.72. The van der Waals surface area contributed by atoms with Gasteiger partial charge < -0.3 is 5.73 Å². The first kappa shape index (κ1) is 8.05. The zero-order valence-electron chi connectivity index (χ0n) is 5.96. The minimum Gasteiger partial charge on any atom is -0.326 e. The summed E-state index contributed by atoms with van der Waals surface area (Å²) < 4.78 is 0. The van der Waals surface area contributed by atoms with Crippen molar-refractivity contribution in [2.24, 2.45) is 5.73 Å². The van der Waals surface area contributed by atoms with Crippen LogP contribution in [0, 0.1) is 0 Å². The highest BCUT2D eigenvalue weighted by Gasteiger charge is 2.16. The van der Waals surface area contributed by atoms with E-state index in [0.29, 0.717) is 6.04 Å². The van der Waals surface area contributed by atoms with E-state index >= 15 is 0 Å². The molecule has 2 N–H and O–H groups in total. The Morgan fingerprint density at radius 1 is 1.70 bits per heavy atom. The van der Waals surface area contributed by atoms with Crippen LogP contribution in [0.15, 0.2) is 11.6 Å². The summed E-state index contributed by atoms with van der Waals surface area (Å²) in [6, 6.07) is 0.378. The monoisotopic (exact) mass is 160 g/mol. The third kappa shape index (κ3) is 2.29. The van der Waals surface area contributed by atoms with Gasteiger partial charge in [0.1, 0.15) is 0 Å². The third-order valence-electron chi connectivity index (χ3n) is 1.76. The number of rotatable bonds is 2. The number of hydrogen-bond donors (Lipinski definition) is 1. The fraction of sp³-hybridized carbons (Fsp3) is 0.714. The van der Waals surface area contributed by atoms with E-state index in [2.05, 4.69) is 4.90 Å². The molecule has 1 rings (SSSR count). The van der Waals surface area contributed by atoms with Crippen molar-refractivity contribution in [3.63, 3.8) is 0 Å². The fourth-order valence-corrected chi connectivity index (χ4v) is 1.30. The van der Waals surface area contributed by atoms with Gasteiger partial charge in [-0.1, -0.05) is 17.7 Å². The summed E-state index contributed by atoms with van der Waals surface area (Å²) in [6.07, 6.45) is 3.07. The van der Waals surface area contributed by atoms with Crippen LogP contribution >= 0.6 is 11.6 Å². The van der Waals surface area contributed by atoms with Gasteiger partial charge in [-0.15, -0.1) is 0 Å². The highest BCUT2D eigenvalue weighted by atomic mass is 35.5. The van der Waals surface area contributed by atoms with Crippen LogP contribution in [0.5, 0.6) is 0 Å². The molecular weight excluding hydrogens is 148 g/mol. The number of nitrogens with zero attached hydrogens (tertiary/aromatic N) is 1. The van der Waals surface area contributed by atoms with Crippen LogP contribution in [0.1, 0.15) is 6.42 Å². The van der Waals surface area contributed by atoms with Crippen LogP contribution in [-0.4, -0.2) is 30.6 Å². The quantitative estimate of drug-likeness (QED) is 0.647. The summed E-state index contributed by atoms with van der Waals surface area (Å²) in [4.78, 5) is 2.30. The molecule has 1 fully saturated rings. The van der Waals surface area contributed by atoms with Gasteiger partial charge in [-0.2, -0.15) is 0 Å². The summed E-state index contributed by atoms with van der Waals surface area (Å²) in [5.41, 5.74) is 7.26. The van der Waals surface area contributed by atoms with Crippen LogP contribution in [0.4, 0.5) is 0 Å². The molecule has 58 valence electrons. The van der Waals surface area contributed by atoms with E-state index < -0.39 is 0 Å². The van der Waals surface area contributed by atoms with Crippen molar-refractivity contribution < 1.29 is 0 Å². The van der Waals surface area contributed by atoms with Gasteiger partial charge in [0.15, 0.2) is 0 Å². The standard InChI is InChI=1S/C7H13ClN2/c8-3-1-4-10-5-2-7(9)6-10/h1,3,7H,2,4-6,9H2/b3-1+/t7-/m0/s1. The lowest BCUT2D eigenvalue weighted by Gasteiger charge is -2.10. The maximum Gasteiger partial charge on any atom is 0.0180 e. The number of hydrogen-bond acceptors (Lipinski definition) is 2. The molecule has 1 aliphatic heterocycles. The molecule has 0 aromatic carbocycles. The number of nitrogens with two attached hydrogens (primary N) is 1. The van der Waals surface area contributed by atoms with Gasteiger partial charge in [0.25, 0.3) is 0 Å². The normalized spacial score (nSPS) is 28.4. The molecule has 0 spiro atoms. The minimum atomic E-state index is 0.378. The predicted molar refractivity (Wildman–Crippen MR) is 44.0 cm³/mol. The Hall–Kier alpha value is -0.0500. The second kappa shape index (κ2) is 3.96. The van der Waals surface area contributed by atoms with E-state index in [1.165, 1.54) is 0 Å². The molecule has 1 saturated heterocycles. The van der Waals surface area contributed by atoms with Crippen molar-refractivity contribution in [3.05, 3.63) is 11.6 Å². The highest BCUT2D eigenvalue weighted by Crippen LogP contribution is 2.05. The molecule has 0 aromatic heterocycles. The van der Waals surface area contributed by atoms with Crippen LogP contribution in [0.3, 0.4) is 0 Å². The Balaban J connectivity index is 2.18. The molecule has 0 amide bonds. The average Bonchev–Trinajstić information content (AvgIpc) is 2.31. The van der Waals surface area contributed by atoms with Crippen molar-refractivity contribution in [2.45, 2.75) is 12.5 Å². The lowest BCUT2D eigenvalue weighted by Crippen LogP contribution is -2.26. The Bertz CT molecular complexity index is 125. The van der Waals surface area contributed by atoms with E-state index in [-0.39, 0.29) is 0 Å². The SMILES string of the molecule is N[C@H]1CCN(C/C=C/Cl)C1. The molecule has 0 unspecified atom stereocenters. The molecule has 0 aromatic rings. The zero-order chi connectivity index (χ0) is 7.40. The van der Waals surface area contributed by atoms with Crippen molar-refractivity contribution in [1.82, 2.24) is 4.90 Å².